The summed E-state index contributed by atoms with van der Waals surface area (Å²) in [6.45, 7) is 0.410. The summed E-state index contributed by atoms with van der Waals surface area (Å²) in [6.07, 6.45) is 5.99. The Hall–Kier alpha value is -2.30. The highest BCUT2D eigenvalue weighted by molar-refractivity contribution is 5.71. The van der Waals surface area contributed by atoms with Crippen LogP contribution in [0.1, 0.15) is 30.1 Å². The van der Waals surface area contributed by atoms with Gasteiger partial charge in [-0.2, -0.15) is 0 Å². The zero-order chi connectivity index (χ0) is 13.9. The van der Waals surface area contributed by atoms with E-state index in [2.05, 4.69) is 9.55 Å². The zero-order valence-corrected chi connectivity index (χ0v) is 11.0. The molecule has 5 nitrogen and oxygen atoms in total. The van der Waals surface area contributed by atoms with Gasteiger partial charge in [0.15, 0.2) is 0 Å². The van der Waals surface area contributed by atoms with Gasteiger partial charge in [0.25, 0.3) is 0 Å². The smallest absolute Gasteiger partial charge is 0.307 e. The van der Waals surface area contributed by atoms with Crippen LogP contribution in [0.3, 0.4) is 0 Å². The van der Waals surface area contributed by atoms with Crippen molar-refractivity contribution in [1.82, 2.24) is 9.55 Å². The number of nitrogens with zero attached hydrogens (tertiary/aromatic N) is 2. The molecule has 1 fully saturated rings. The predicted octanol–water partition coefficient (Wildman–Crippen LogP) is 2.42. The third kappa shape index (κ3) is 2.82. The van der Waals surface area contributed by atoms with Crippen molar-refractivity contribution < 1.29 is 14.6 Å². The molecule has 1 N–H and O–H groups in total. The Morgan fingerprint density at radius 3 is 2.95 bits per heavy atom. The number of ether oxygens (including phenoxy) is 1. The van der Waals surface area contributed by atoms with E-state index in [4.69, 9.17) is 9.84 Å². The molecule has 0 bridgehead atoms. The minimum absolute atomic E-state index is 0.0297. The molecule has 0 atom stereocenters. The molecule has 0 saturated heterocycles. The van der Waals surface area contributed by atoms with Crippen LogP contribution in [0.5, 0.6) is 5.75 Å². The van der Waals surface area contributed by atoms with Gasteiger partial charge in [-0.25, -0.2) is 4.98 Å². The van der Waals surface area contributed by atoms with Crippen LogP contribution >= 0.6 is 0 Å². The Morgan fingerprint density at radius 1 is 1.40 bits per heavy atom. The van der Waals surface area contributed by atoms with E-state index < -0.39 is 5.97 Å². The number of hydrogen-bond acceptors (Lipinski definition) is 3. The van der Waals surface area contributed by atoms with Crippen molar-refractivity contribution in [3.8, 4) is 5.75 Å². The lowest BCUT2D eigenvalue weighted by Gasteiger charge is -2.11. The maximum atomic E-state index is 10.8. The minimum atomic E-state index is -0.857. The van der Waals surface area contributed by atoms with E-state index in [1.807, 2.05) is 18.5 Å². The minimum Gasteiger partial charge on any atom is -0.487 e. The van der Waals surface area contributed by atoms with Crippen LogP contribution in [-0.2, 0) is 17.8 Å². The van der Waals surface area contributed by atoms with Crippen LogP contribution in [0.15, 0.2) is 36.8 Å². The molecule has 104 valence electrons. The Morgan fingerprint density at radius 2 is 2.20 bits per heavy atom. The van der Waals surface area contributed by atoms with E-state index in [0.29, 0.717) is 24.0 Å². The molecule has 0 radical (unpaired) electrons. The highest BCUT2D eigenvalue weighted by Crippen LogP contribution is 2.35. The van der Waals surface area contributed by atoms with Gasteiger partial charge in [0.2, 0.25) is 0 Å². The van der Waals surface area contributed by atoms with Crippen molar-refractivity contribution in [3.05, 3.63) is 48.0 Å². The molecule has 1 aliphatic rings. The van der Waals surface area contributed by atoms with E-state index in [1.54, 1.807) is 18.3 Å². The van der Waals surface area contributed by atoms with Crippen molar-refractivity contribution in [2.24, 2.45) is 0 Å². The molecule has 1 aromatic carbocycles. The number of imidazole rings is 1. The first-order chi connectivity index (χ1) is 9.74. The Balaban J connectivity index is 1.71. The van der Waals surface area contributed by atoms with Crippen molar-refractivity contribution in [2.45, 2.75) is 31.9 Å². The lowest BCUT2D eigenvalue weighted by Crippen LogP contribution is -2.06. The van der Waals surface area contributed by atoms with Gasteiger partial charge in [-0.15, -0.1) is 0 Å². The topological polar surface area (TPSA) is 64.3 Å². The molecule has 2 aromatic rings. The van der Waals surface area contributed by atoms with Gasteiger partial charge in [0, 0.05) is 11.6 Å². The third-order valence-corrected chi connectivity index (χ3v) is 3.38. The Labute approximate surface area is 116 Å². The molecular weight excluding hydrogens is 256 g/mol. The number of carboxylic acids is 1. The summed E-state index contributed by atoms with van der Waals surface area (Å²) in [5.41, 5.74) is 1.72. The quantitative estimate of drug-likeness (QED) is 0.877. The fraction of sp³-hybridized carbons (Fsp3) is 0.333. The molecule has 5 heteroatoms. The summed E-state index contributed by atoms with van der Waals surface area (Å²) < 4.78 is 7.92. The molecular formula is C15H16N2O3. The van der Waals surface area contributed by atoms with Crippen molar-refractivity contribution >= 4 is 5.97 Å². The maximum Gasteiger partial charge on any atom is 0.307 e. The molecule has 3 rings (SSSR count). The molecule has 0 spiro atoms. The number of hydrogen-bond donors (Lipinski definition) is 1. The lowest BCUT2D eigenvalue weighted by molar-refractivity contribution is -0.136. The normalized spacial score (nSPS) is 14.2. The van der Waals surface area contributed by atoms with Gasteiger partial charge in [-0.3, -0.25) is 4.79 Å². The Bertz CT molecular complexity index is 617. The number of carboxylic acid groups (broad SMARTS) is 1. The highest BCUT2D eigenvalue weighted by atomic mass is 16.5. The number of rotatable bonds is 6. The molecule has 0 amide bonds. The monoisotopic (exact) mass is 272 g/mol. The van der Waals surface area contributed by atoms with E-state index in [1.165, 1.54) is 12.8 Å². The van der Waals surface area contributed by atoms with Crippen LogP contribution in [-0.4, -0.2) is 20.6 Å². The number of benzene rings is 1. The second kappa shape index (κ2) is 5.36. The van der Waals surface area contributed by atoms with Gasteiger partial charge in [0.1, 0.15) is 12.4 Å². The summed E-state index contributed by atoms with van der Waals surface area (Å²) in [6, 6.07) is 7.81. The van der Waals surface area contributed by atoms with Gasteiger partial charge >= 0.3 is 5.97 Å². The molecule has 20 heavy (non-hydrogen) atoms. The summed E-state index contributed by atoms with van der Waals surface area (Å²) in [7, 11) is 0. The summed E-state index contributed by atoms with van der Waals surface area (Å²) in [4.78, 5) is 15.0. The molecule has 0 aliphatic heterocycles. The van der Waals surface area contributed by atoms with Crippen molar-refractivity contribution in [2.75, 3.05) is 0 Å². The van der Waals surface area contributed by atoms with Crippen LogP contribution < -0.4 is 4.74 Å². The molecule has 1 saturated carbocycles. The molecule has 1 aliphatic carbocycles. The third-order valence-electron chi connectivity index (χ3n) is 3.38. The summed E-state index contributed by atoms with van der Waals surface area (Å²) in [5, 5.41) is 8.90. The first-order valence-corrected chi connectivity index (χ1v) is 6.67. The van der Waals surface area contributed by atoms with Crippen LogP contribution in [0, 0.1) is 0 Å². The van der Waals surface area contributed by atoms with Crippen LogP contribution in [0.25, 0.3) is 0 Å². The number of aliphatic carboxylic acids is 1. The fourth-order valence-electron chi connectivity index (χ4n) is 2.23. The van der Waals surface area contributed by atoms with E-state index >= 15 is 0 Å². The number of para-hydroxylation sites is 1. The zero-order valence-electron chi connectivity index (χ0n) is 11.0. The van der Waals surface area contributed by atoms with E-state index in [-0.39, 0.29) is 6.42 Å². The van der Waals surface area contributed by atoms with E-state index in [9.17, 15) is 4.79 Å². The van der Waals surface area contributed by atoms with Gasteiger partial charge in [-0.05, 0) is 18.9 Å². The fourth-order valence-corrected chi connectivity index (χ4v) is 2.23. The van der Waals surface area contributed by atoms with Crippen LogP contribution in [0.4, 0.5) is 0 Å². The second-order valence-corrected chi connectivity index (χ2v) is 4.99. The second-order valence-electron chi connectivity index (χ2n) is 4.99. The molecule has 1 heterocycles. The standard InChI is InChI=1S/C15H16N2O3/c18-15(19)7-11-3-1-2-4-14(11)20-9-13-8-16-10-17(13)12-5-6-12/h1-4,8,10,12H,5-7,9H2,(H,18,19). The van der Waals surface area contributed by atoms with Crippen LogP contribution in [0.2, 0.25) is 0 Å². The average molecular weight is 272 g/mol. The average Bonchev–Trinajstić information content (AvgIpc) is 3.16. The largest absolute Gasteiger partial charge is 0.487 e. The highest BCUT2D eigenvalue weighted by Gasteiger charge is 2.25. The Kier molecular flexibility index (Phi) is 3.41. The van der Waals surface area contributed by atoms with Gasteiger partial charge in [-0.1, -0.05) is 18.2 Å². The maximum absolute atomic E-state index is 10.8. The van der Waals surface area contributed by atoms with Gasteiger partial charge in [0.05, 0.1) is 24.6 Å². The van der Waals surface area contributed by atoms with E-state index in [0.717, 1.165) is 5.69 Å². The van der Waals surface area contributed by atoms with Crippen molar-refractivity contribution in [3.63, 3.8) is 0 Å². The van der Waals surface area contributed by atoms with Crippen molar-refractivity contribution in [1.29, 1.82) is 0 Å². The SMILES string of the molecule is O=C(O)Cc1ccccc1OCc1cncn1C1CC1. The predicted molar refractivity (Wildman–Crippen MR) is 72.6 cm³/mol. The number of carbonyl (C=O) groups is 1. The van der Waals surface area contributed by atoms with Gasteiger partial charge < -0.3 is 14.4 Å². The number of aromatic nitrogens is 2. The first kappa shape index (κ1) is 12.7. The summed E-state index contributed by atoms with van der Waals surface area (Å²) in [5.74, 6) is -0.234. The summed E-state index contributed by atoms with van der Waals surface area (Å²) >= 11 is 0. The lowest BCUT2D eigenvalue weighted by atomic mass is 10.1. The molecule has 1 aromatic heterocycles. The molecule has 0 unspecified atom stereocenters. The first-order valence-electron chi connectivity index (χ1n) is 6.67.